The molecule has 1 aromatic rings. The number of ether oxygens (including phenoxy) is 1. The van der Waals surface area contributed by atoms with E-state index >= 15 is 0 Å². The molecule has 0 aliphatic heterocycles. The quantitative estimate of drug-likeness (QED) is 0.554. The first-order valence-electron chi connectivity index (χ1n) is 5.90. The van der Waals surface area contributed by atoms with Gasteiger partial charge in [-0.25, -0.2) is 9.78 Å². The van der Waals surface area contributed by atoms with Gasteiger partial charge in [-0.15, -0.1) is 0 Å². The number of nitrogens with zero attached hydrogens (tertiary/aromatic N) is 1. The first-order chi connectivity index (χ1) is 8.72. The summed E-state index contributed by atoms with van der Waals surface area (Å²) in [7, 11) is 1.19. The highest BCUT2D eigenvalue weighted by atomic mass is 28.3. The predicted molar refractivity (Wildman–Crippen MR) is 69.5 cm³/mol. The van der Waals surface area contributed by atoms with Crippen molar-refractivity contribution in [3.8, 4) is 0 Å². The minimum Gasteiger partial charge on any atom is -0.456 e. The Morgan fingerprint density at radius 3 is 2.61 bits per heavy atom. The molecule has 0 saturated carbocycles. The van der Waals surface area contributed by atoms with Crippen molar-refractivity contribution in [1.82, 2.24) is 4.98 Å². The van der Waals surface area contributed by atoms with Gasteiger partial charge in [0.25, 0.3) is 0 Å². The van der Waals surface area contributed by atoms with Gasteiger partial charge in [-0.2, -0.15) is 0 Å². The van der Waals surface area contributed by atoms with Crippen LogP contribution in [0.4, 0.5) is 0 Å². The lowest BCUT2D eigenvalue weighted by atomic mass is 10.3. The summed E-state index contributed by atoms with van der Waals surface area (Å²) in [6.07, 6.45) is 3.19. The van der Waals surface area contributed by atoms with Gasteiger partial charge in [0.15, 0.2) is 0 Å². The highest BCUT2D eigenvalue weighted by Gasteiger charge is 2.28. The molecule has 0 aromatic carbocycles. The third-order valence-electron chi connectivity index (χ3n) is 2.47. The van der Waals surface area contributed by atoms with Crippen molar-refractivity contribution in [3.05, 3.63) is 30.1 Å². The minimum absolute atomic E-state index is 0.292. The fourth-order valence-electron chi connectivity index (χ4n) is 1.62. The van der Waals surface area contributed by atoms with Crippen molar-refractivity contribution in [1.29, 1.82) is 0 Å². The number of carbonyl (C=O) groups is 1. The third-order valence-corrected chi connectivity index (χ3v) is 4.48. The van der Waals surface area contributed by atoms with Gasteiger partial charge in [0.2, 0.25) is 0 Å². The van der Waals surface area contributed by atoms with Gasteiger partial charge in [-0.3, -0.25) is 0 Å². The Bertz CT molecular complexity index is 356. The molecule has 1 aromatic heterocycles. The molecule has 0 spiro atoms. The van der Waals surface area contributed by atoms with E-state index in [4.69, 9.17) is 13.6 Å². The molecule has 0 N–H and O–H groups in total. The van der Waals surface area contributed by atoms with Crippen molar-refractivity contribution >= 4 is 15.3 Å². The smallest absolute Gasteiger partial charge is 0.363 e. The van der Waals surface area contributed by atoms with Crippen LogP contribution in [0.25, 0.3) is 0 Å². The standard InChI is InChI=1S/C12H19NO4Si/c1-4-7-11(18(15-2)16-3)17-12(14)10-8-5-6-9-13-10/h5-6,8-9,11,18H,4,7H2,1-3H3. The Morgan fingerprint density at radius 2 is 2.11 bits per heavy atom. The molecule has 6 heteroatoms. The van der Waals surface area contributed by atoms with E-state index in [0.29, 0.717) is 5.69 Å². The number of rotatable bonds is 7. The molecule has 5 nitrogen and oxygen atoms in total. The molecule has 0 aliphatic carbocycles. The summed E-state index contributed by atoms with van der Waals surface area (Å²) in [5.41, 5.74) is 0.0121. The first-order valence-corrected chi connectivity index (χ1v) is 7.51. The van der Waals surface area contributed by atoms with Crippen molar-refractivity contribution in [3.63, 3.8) is 0 Å². The topological polar surface area (TPSA) is 57.7 Å². The van der Waals surface area contributed by atoms with Gasteiger partial charge in [-0.05, 0) is 18.6 Å². The molecule has 0 radical (unpaired) electrons. The van der Waals surface area contributed by atoms with Gasteiger partial charge >= 0.3 is 15.3 Å². The molecule has 1 unspecified atom stereocenters. The Kier molecular flexibility index (Phi) is 6.56. The average molecular weight is 269 g/mol. The highest BCUT2D eigenvalue weighted by molar-refractivity contribution is 6.46. The van der Waals surface area contributed by atoms with E-state index in [1.807, 2.05) is 6.92 Å². The summed E-state index contributed by atoms with van der Waals surface area (Å²) in [6.45, 7) is 2.03. The molecule has 1 rings (SSSR count). The summed E-state index contributed by atoms with van der Waals surface area (Å²) in [5, 5.41) is 0. The molecular weight excluding hydrogens is 250 g/mol. The fourth-order valence-corrected chi connectivity index (χ4v) is 3.26. The second-order valence-electron chi connectivity index (χ2n) is 3.79. The predicted octanol–water partition coefficient (Wildman–Crippen LogP) is 1.46. The monoisotopic (exact) mass is 269 g/mol. The van der Waals surface area contributed by atoms with E-state index in [-0.39, 0.29) is 5.73 Å². The zero-order valence-corrected chi connectivity index (χ0v) is 12.1. The molecule has 0 aliphatic rings. The molecule has 18 heavy (non-hydrogen) atoms. The molecule has 0 amide bonds. The lowest BCUT2D eigenvalue weighted by molar-refractivity contribution is 0.0340. The zero-order valence-electron chi connectivity index (χ0n) is 11.0. The Hall–Kier alpha value is -1.24. The van der Waals surface area contributed by atoms with E-state index in [9.17, 15) is 4.79 Å². The van der Waals surface area contributed by atoms with Gasteiger partial charge in [0.05, 0.1) is 0 Å². The van der Waals surface area contributed by atoms with Crippen LogP contribution >= 0.6 is 0 Å². The van der Waals surface area contributed by atoms with Crippen LogP contribution in [0.1, 0.15) is 30.3 Å². The summed E-state index contributed by atoms with van der Waals surface area (Å²) in [6, 6.07) is 5.13. The van der Waals surface area contributed by atoms with Crippen LogP contribution < -0.4 is 0 Å². The van der Waals surface area contributed by atoms with E-state index < -0.39 is 15.3 Å². The van der Waals surface area contributed by atoms with Crippen LogP contribution in [0.15, 0.2) is 24.4 Å². The molecule has 1 heterocycles. The van der Waals surface area contributed by atoms with Crippen LogP contribution in [-0.4, -0.2) is 40.2 Å². The lowest BCUT2D eigenvalue weighted by Crippen LogP contribution is -2.39. The summed E-state index contributed by atoms with van der Waals surface area (Å²) < 4.78 is 16.0. The SMILES string of the molecule is CCCC(OC(=O)c1ccccn1)[SiH](OC)OC. The molecule has 0 saturated heterocycles. The number of carbonyl (C=O) groups excluding carboxylic acids is 1. The van der Waals surface area contributed by atoms with E-state index in [1.165, 1.54) is 0 Å². The van der Waals surface area contributed by atoms with Crippen molar-refractivity contribution in [2.45, 2.75) is 25.5 Å². The Morgan fingerprint density at radius 1 is 1.39 bits per heavy atom. The van der Waals surface area contributed by atoms with Crippen LogP contribution in [0.3, 0.4) is 0 Å². The van der Waals surface area contributed by atoms with Crippen LogP contribution in [-0.2, 0) is 13.6 Å². The maximum absolute atomic E-state index is 11.9. The Labute approximate surface area is 109 Å². The molecule has 0 fully saturated rings. The minimum atomic E-state index is -1.98. The maximum atomic E-state index is 11.9. The van der Waals surface area contributed by atoms with Gasteiger partial charge < -0.3 is 13.6 Å². The number of esters is 1. The zero-order chi connectivity index (χ0) is 13.4. The second kappa shape index (κ2) is 7.96. The van der Waals surface area contributed by atoms with Gasteiger partial charge in [0.1, 0.15) is 11.4 Å². The summed E-state index contributed by atoms with van der Waals surface area (Å²) in [5.74, 6) is -0.430. The highest BCUT2D eigenvalue weighted by Crippen LogP contribution is 2.10. The van der Waals surface area contributed by atoms with Crippen LogP contribution in [0, 0.1) is 0 Å². The van der Waals surface area contributed by atoms with E-state index in [2.05, 4.69) is 4.98 Å². The molecular formula is C12H19NO4Si. The summed E-state index contributed by atoms with van der Waals surface area (Å²) >= 11 is 0. The molecule has 1 atom stereocenters. The van der Waals surface area contributed by atoms with E-state index in [1.54, 1.807) is 38.6 Å². The van der Waals surface area contributed by atoms with Gasteiger partial charge in [0, 0.05) is 20.4 Å². The average Bonchev–Trinajstić information content (AvgIpc) is 2.41. The summed E-state index contributed by atoms with van der Waals surface area (Å²) in [4.78, 5) is 15.9. The van der Waals surface area contributed by atoms with Crippen LogP contribution in [0.2, 0.25) is 0 Å². The molecule has 100 valence electrons. The van der Waals surface area contributed by atoms with Crippen molar-refractivity contribution in [2.24, 2.45) is 0 Å². The van der Waals surface area contributed by atoms with E-state index in [0.717, 1.165) is 12.8 Å². The number of hydrogen-bond donors (Lipinski definition) is 0. The number of hydrogen-bond acceptors (Lipinski definition) is 5. The largest absolute Gasteiger partial charge is 0.456 e. The maximum Gasteiger partial charge on any atom is 0.363 e. The first kappa shape index (κ1) is 14.8. The third kappa shape index (κ3) is 4.21. The van der Waals surface area contributed by atoms with Crippen LogP contribution in [0.5, 0.6) is 0 Å². The van der Waals surface area contributed by atoms with Crippen molar-refractivity contribution < 1.29 is 18.4 Å². The van der Waals surface area contributed by atoms with Gasteiger partial charge in [-0.1, -0.05) is 19.4 Å². The number of aromatic nitrogens is 1. The molecule has 0 bridgehead atoms. The normalized spacial score (nSPS) is 12.4. The second-order valence-corrected chi connectivity index (χ2v) is 6.21. The van der Waals surface area contributed by atoms with Crippen molar-refractivity contribution in [2.75, 3.05) is 14.2 Å². The number of pyridine rings is 1. The Balaban J connectivity index is 2.68. The lowest BCUT2D eigenvalue weighted by Gasteiger charge is -2.22. The fraction of sp³-hybridized carbons (Fsp3) is 0.500.